The van der Waals surface area contributed by atoms with Gasteiger partial charge in [-0.1, -0.05) is 55.1 Å². The second-order valence-corrected chi connectivity index (χ2v) is 10.3. The number of azo groups is 1. The standard InChI is InChI=1S/C37H33N5O6/c1-4-33(43)38-25-16-12-17-26(20-25)39-37(46)28-19-24-15-10-11-18-27(24)34(35(28)44)42-41-30-22-31(47-5-2)29(21-32(30)48-6-3)40-36(45)23-13-8-7-9-14-23/h4,7-22,44H,1,5-6H2,2-3H3,(H,38,43)(H,39,46)(H,40,45). The lowest BCUT2D eigenvalue weighted by molar-refractivity contribution is -0.111. The molecule has 0 aliphatic rings. The molecular formula is C37H33N5O6. The lowest BCUT2D eigenvalue weighted by Crippen LogP contribution is -2.13. The number of hydrogen-bond donors (Lipinski definition) is 4. The number of nitrogens with one attached hydrogen (secondary N) is 3. The number of phenolic OH excluding ortho intramolecular Hbond substituents is 1. The predicted octanol–water partition coefficient (Wildman–Crippen LogP) is 8.39. The molecule has 0 unspecified atom stereocenters. The highest BCUT2D eigenvalue weighted by Crippen LogP contribution is 2.43. The molecule has 11 heteroatoms. The Morgan fingerprint density at radius 2 is 1.44 bits per heavy atom. The SMILES string of the molecule is C=CC(=O)Nc1cccc(NC(=O)c2cc3ccccc3c(N=Nc3cc(OCC)c(NC(=O)c4ccccc4)cc3OCC)c2O)c1. The van der Waals surface area contributed by atoms with Crippen molar-refractivity contribution in [3.05, 3.63) is 121 Å². The number of fused-ring (bicyclic) bond motifs is 1. The van der Waals surface area contributed by atoms with Gasteiger partial charge >= 0.3 is 0 Å². The average Bonchev–Trinajstić information content (AvgIpc) is 3.09. The van der Waals surface area contributed by atoms with Gasteiger partial charge in [-0.2, -0.15) is 0 Å². The minimum Gasteiger partial charge on any atom is -0.505 e. The van der Waals surface area contributed by atoms with Crippen LogP contribution in [0.4, 0.5) is 28.4 Å². The molecule has 0 fully saturated rings. The van der Waals surface area contributed by atoms with Crippen molar-refractivity contribution in [2.75, 3.05) is 29.2 Å². The Bertz CT molecular complexity index is 2030. The maximum Gasteiger partial charge on any atom is 0.259 e. The van der Waals surface area contributed by atoms with Crippen LogP contribution in [0.15, 0.2) is 120 Å². The van der Waals surface area contributed by atoms with Gasteiger partial charge in [0.15, 0.2) is 5.75 Å². The summed E-state index contributed by atoms with van der Waals surface area (Å²) in [5.41, 5.74) is 2.00. The van der Waals surface area contributed by atoms with Gasteiger partial charge in [0.1, 0.15) is 22.9 Å². The highest BCUT2D eigenvalue weighted by Gasteiger charge is 2.20. The van der Waals surface area contributed by atoms with Crippen molar-refractivity contribution in [2.24, 2.45) is 10.2 Å². The minimum absolute atomic E-state index is 0.0396. The highest BCUT2D eigenvalue weighted by molar-refractivity contribution is 6.12. The molecular weight excluding hydrogens is 610 g/mol. The largest absolute Gasteiger partial charge is 0.505 e. The van der Waals surface area contributed by atoms with E-state index in [-0.39, 0.29) is 28.6 Å². The van der Waals surface area contributed by atoms with Gasteiger partial charge < -0.3 is 30.5 Å². The number of nitrogens with zero attached hydrogens (tertiary/aromatic N) is 2. The van der Waals surface area contributed by atoms with E-state index in [1.54, 1.807) is 91.0 Å². The first-order valence-electron chi connectivity index (χ1n) is 15.1. The highest BCUT2D eigenvalue weighted by atomic mass is 16.5. The molecule has 0 heterocycles. The zero-order valence-electron chi connectivity index (χ0n) is 26.3. The third kappa shape index (κ3) is 7.65. The maximum absolute atomic E-state index is 13.5. The third-order valence-corrected chi connectivity index (χ3v) is 7.02. The van der Waals surface area contributed by atoms with E-state index >= 15 is 0 Å². The van der Waals surface area contributed by atoms with E-state index < -0.39 is 11.8 Å². The minimum atomic E-state index is -0.603. The Kier molecular flexibility index (Phi) is 10.4. The molecule has 48 heavy (non-hydrogen) atoms. The van der Waals surface area contributed by atoms with Crippen LogP contribution in [-0.2, 0) is 4.79 Å². The van der Waals surface area contributed by atoms with Crippen LogP contribution in [0, 0.1) is 0 Å². The van der Waals surface area contributed by atoms with Crippen LogP contribution < -0.4 is 25.4 Å². The van der Waals surface area contributed by atoms with Crippen LogP contribution in [0.2, 0.25) is 0 Å². The Balaban J connectivity index is 1.51. The van der Waals surface area contributed by atoms with E-state index in [9.17, 15) is 19.5 Å². The van der Waals surface area contributed by atoms with Crippen molar-refractivity contribution in [3.63, 3.8) is 0 Å². The Labute approximate surface area is 276 Å². The van der Waals surface area contributed by atoms with Crippen LogP contribution in [0.5, 0.6) is 17.2 Å². The molecule has 0 radical (unpaired) electrons. The number of benzene rings is 5. The van der Waals surface area contributed by atoms with Gasteiger partial charge in [-0.25, -0.2) is 0 Å². The second kappa shape index (κ2) is 15.2. The number of anilines is 3. The van der Waals surface area contributed by atoms with Crippen LogP contribution in [0.25, 0.3) is 10.8 Å². The van der Waals surface area contributed by atoms with E-state index in [4.69, 9.17) is 9.47 Å². The summed E-state index contributed by atoms with van der Waals surface area (Å²) in [7, 11) is 0. The molecule has 0 atom stereocenters. The molecule has 0 saturated heterocycles. The van der Waals surface area contributed by atoms with Crippen molar-refractivity contribution < 1.29 is 29.0 Å². The summed E-state index contributed by atoms with van der Waals surface area (Å²) >= 11 is 0. The Morgan fingerprint density at radius 1 is 0.750 bits per heavy atom. The summed E-state index contributed by atoms with van der Waals surface area (Å²) in [5.74, 6) is -1.06. The lowest BCUT2D eigenvalue weighted by atomic mass is 10.0. The number of aromatic hydroxyl groups is 1. The maximum atomic E-state index is 13.5. The molecule has 5 aromatic carbocycles. The van der Waals surface area contributed by atoms with Gasteiger partial charge in [-0.15, -0.1) is 10.2 Å². The topological polar surface area (TPSA) is 151 Å². The van der Waals surface area contributed by atoms with Crippen LogP contribution >= 0.6 is 0 Å². The van der Waals surface area contributed by atoms with Gasteiger partial charge in [0, 0.05) is 34.5 Å². The fourth-order valence-electron chi connectivity index (χ4n) is 4.82. The first-order valence-corrected chi connectivity index (χ1v) is 15.1. The number of carbonyl (C=O) groups is 3. The molecule has 0 saturated carbocycles. The third-order valence-electron chi connectivity index (χ3n) is 7.02. The van der Waals surface area contributed by atoms with E-state index in [1.807, 2.05) is 19.9 Å². The average molecular weight is 644 g/mol. The molecule has 0 bridgehead atoms. The number of amides is 3. The molecule has 0 aliphatic carbocycles. The molecule has 0 aliphatic heterocycles. The molecule has 242 valence electrons. The van der Waals surface area contributed by atoms with Gasteiger partial charge in [-0.3, -0.25) is 14.4 Å². The fraction of sp³-hybridized carbons (Fsp3) is 0.108. The van der Waals surface area contributed by atoms with E-state index in [2.05, 4.69) is 32.8 Å². The van der Waals surface area contributed by atoms with Crippen molar-refractivity contribution in [1.29, 1.82) is 0 Å². The van der Waals surface area contributed by atoms with E-state index in [0.29, 0.717) is 58.1 Å². The molecule has 0 aromatic heterocycles. The van der Waals surface area contributed by atoms with E-state index in [1.165, 1.54) is 0 Å². The molecule has 5 aromatic rings. The second-order valence-electron chi connectivity index (χ2n) is 10.3. The molecule has 4 N–H and O–H groups in total. The zero-order chi connectivity index (χ0) is 34.0. The zero-order valence-corrected chi connectivity index (χ0v) is 26.3. The number of hydrogen-bond acceptors (Lipinski definition) is 8. The summed E-state index contributed by atoms with van der Waals surface area (Å²) in [6.45, 7) is 7.67. The smallest absolute Gasteiger partial charge is 0.259 e. The summed E-state index contributed by atoms with van der Waals surface area (Å²) in [4.78, 5) is 38.1. The first-order chi connectivity index (χ1) is 23.3. The summed E-state index contributed by atoms with van der Waals surface area (Å²) in [6, 6.07) is 27.2. The fourth-order valence-corrected chi connectivity index (χ4v) is 4.82. The first kappa shape index (κ1) is 32.9. The van der Waals surface area contributed by atoms with Crippen molar-refractivity contribution >= 4 is 56.9 Å². The molecule has 5 rings (SSSR count). The summed E-state index contributed by atoms with van der Waals surface area (Å²) in [5, 5.41) is 29.7. The molecule has 0 spiro atoms. The quantitative estimate of drug-likeness (QED) is 0.0792. The van der Waals surface area contributed by atoms with Crippen molar-refractivity contribution in [3.8, 4) is 17.2 Å². The van der Waals surface area contributed by atoms with Gasteiger partial charge in [0.25, 0.3) is 11.8 Å². The Hall–Kier alpha value is -6.49. The number of rotatable bonds is 12. The van der Waals surface area contributed by atoms with Gasteiger partial charge in [0.05, 0.1) is 24.5 Å². The number of carbonyl (C=O) groups excluding carboxylic acids is 3. The summed E-state index contributed by atoms with van der Waals surface area (Å²) in [6.07, 6.45) is 1.14. The predicted molar refractivity (Wildman–Crippen MR) is 186 cm³/mol. The molecule has 3 amide bonds. The summed E-state index contributed by atoms with van der Waals surface area (Å²) < 4.78 is 11.7. The number of ether oxygens (including phenoxy) is 2. The van der Waals surface area contributed by atoms with E-state index in [0.717, 1.165) is 6.08 Å². The van der Waals surface area contributed by atoms with Crippen molar-refractivity contribution in [1.82, 2.24) is 0 Å². The van der Waals surface area contributed by atoms with Gasteiger partial charge in [0.2, 0.25) is 5.91 Å². The Morgan fingerprint density at radius 3 is 2.17 bits per heavy atom. The van der Waals surface area contributed by atoms with Crippen LogP contribution in [-0.4, -0.2) is 36.0 Å². The van der Waals surface area contributed by atoms with Gasteiger partial charge in [-0.05, 0) is 61.7 Å². The monoisotopic (exact) mass is 643 g/mol. The normalized spacial score (nSPS) is 10.8. The number of phenols is 1. The lowest BCUT2D eigenvalue weighted by Gasteiger charge is -2.15. The van der Waals surface area contributed by atoms with Crippen LogP contribution in [0.3, 0.4) is 0 Å². The van der Waals surface area contributed by atoms with Crippen LogP contribution in [0.1, 0.15) is 34.6 Å². The van der Waals surface area contributed by atoms with Crippen molar-refractivity contribution in [2.45, 2.75) is 13.8 Å². The molecule has 11 nitrogen and oxygen atoms in total.